The molecule has 0 saturated heterocycles. The molecular weight excluding hydrogens is 703 g/mol. The molecule has 57 heavy (non-hydrogen) atoms. The smallest absolute Gasteiger partial charge is 0.153 e. The second kappa shape index (κ2) is 12.3. The summed E-state index contributed by atoms with van der Waals surface area (Å²) in [7, 11) is 0. The minimum Gasteiger partial charge on any atom is -0.454 e. The van der Waals surface area contributed by atoms with Gasteiger partial charge in [-0.05, 0) is 136 Å². The minimum atomic E-state index is 0.759. The predicted molar refractivity (Wildman–Crippen MR) is 229 cm³/mol. The Hall–Kier alpha value is -7.83. The largest absolute Gasteiger partial charge is 0.454 e. The van der Waals surface area contributed by atoms with Crippen LogP contribution < -0.4 is 0 Å². The molecule has 12 rings (SSSR count). The number of nitrogens with zero attached hydrogens (tertiary/aromatic N) is 3. The van der Waals surface area contributed by atoms with E-state index >= 15 is 0 Å². The summed E-state index contributed by atoms with van der Waals surface area (Å²) in [6.07, 6.45) is 3.61. The van der Waals surface area contributed by atoms with Crippen molar-refractivity contribution in [3.63, 3.8) is 0 Å². The van der Waals surface area contributed by atoms with Crippen LogP contribution in [0.25, 0.3) is 122 Å². The molecule has 0 aliphatic heterocycles. The van der Waals surface area contributed by atoms with E-state index in [0.717, 1.165) is 122 Å². The van der Waals surface area contributed by atoms with Crippen molar-refractivity contribution in [2.75, 3.05) is 0 Å². The summed E-state index contributed by atoms with van der Waals surface area (Å²) in [6, 6.07) is 56.6. The maximum absolute atomic E-state index is 6.30. The minimum absolute atomic E-state index is 0.759. The van der Waals surface area contributed by atoms with E-state index in [1.54, 1.807) is 6.20 Å². The van der Waals surface area contributed by atoms with Crippen molar-refractivity contribution in [2.24, 2.45) is 0 Å². The average molecular weight is 732 g/mol. The average Bonchev–Trinajstić information content (AvgIpc) is 3.96. The molecule has 6 nitrogen and oxygen atoms in total. The van der Waals surface area contributed by atoms with Crippen LogP contribution >= 0.6 is 0 Å². The van der Waals surface area contributed by atoms with Gasteiger partial charge in [0.05, 0.1) is 5.69 Å². The molecule has 266 valence electrons. The lowest BCUT2D eigenvalue weighted by atomic mass is 9.95. The lowest BCUT2D eigenvalue weighted by Gasteiger charge is -2.09. The maximum Gasteiger partial charge on any atom is 0.153 e. The molecule has 0 aliphatic rings. The topological polar surface area (TPSA) is 78.1 Å². The molecule has 6 aromatic heterocycles. The van der Waals surface area contributed by atoms with Crippen molar-refractivity contribution in [3.05, 3.63) is 176 Å². The predicted octanol–water partition coefficient (Wildman–Crippen LogP) is 13.9. The van der Waals surface area contributed by atoms with Gasteiger partial charge in [0, 0.05) is 34.1 Å². The summed E-state index contributed by atoms with van der Waals surface area (Å²) in [6.45, 7) is 0. The summed E-state index contributed by atoms with van der Waals surface area (Å²) >= 11 is 0. The summed E-state index contributed by atoms with van der Waals surface area (Å²) in [4.78, 5) is 14.3. The fourth-order valence-corrected chi connectivity index (χ4v) is 8.15. The first kappa shape index (κ1) is 31.5. The number of hydrogen-bond donors (Lipinski definition) is 0. The van der Waals surface area contributed by atoms with E-state index in [-0.39, 0.29) is 0 Å². The molecule has 0 unspecified atom stereocenters. The second-order valence-electron chi connectivity index (χ2n) is 14.4. The molecule has 0 radical (unpaired) electrons. The van der Waals surface area contributed by atoms with Crippen LogP contribution in [0.5, 0.6) is 0 Å². The summed E-state index contributed by atoms with van der Waals surface area (Å²) < 4.78 is 18.3. The molecule has 6 aromatic carbocycles. The monoisotopic (exact) mass is 731 g/mol. The van der Waals surface area contributed by atoms with Gasteiger partial charge in [0.1, 0.15) is 33.3 Å². The third kappa shape index (κ3) is 5.23. The third-order valence-electron chi connectivity index (χ3n) is 11.0. The van der Waals surface area contributed by atoms with Gasteiger partial charge in [-0.25, -0.2) is 4.98 Å². The molecule has 12 aromatic rings. The zero-order valence-electron chi connectivity index (χ0n) is 30.3. The van der Waals surface area contributed by atoms with Gasteiger partial charge in [-0.1, -0.05) is 72.8 Å². The molecule has 0 aliphatic carbocycles. The summed E-state index contributed by atoms with van der Waals surface area (Å²) in [5.41, 5.74) is 18.3. The highest BCUT2D eigenvalue weighted by atomic mass is 16.3. The molecule has 6 heterocycles. The molecule has 6 heteroatoms. The van der Waals surface area contributed by atoms with Gasteiger partial charge in [-0.15, -0.1) is 0 Å². The first-order chi connectivity index (χ1) is 28.2. The van der Waals surface area contributed by atoms with Crippen molar-refractivity contribution in [2.45, 2.75) is 0 Å². The Bertz CT molecular complexity index is 3550. The van der Waals surface area contributed by atoms with Gasteiger partial charge in [0.25, 0.3) is 0 Å². The lowest BCUT2D eigenvalue weighted by Crippen LogP contribution is -1.86. The molecular formula is C51H29N3O3. The molecule has 0 atom stereocenters. The number of fused-ring (bicyclic) bond motifs is 9. The molecule has 0 amide bonds. The van der Waals surface area contributed by atoms with Crippen LogP contribution in [0.2, 0.25) is 0 Å². The van der Waals surface area contributed by atoms with Crippen LogP contribution in [-0.4, -0.2) is 15.0 Å². The van der Waals surface area contributed by atoms with E-state index in [2.05, 4.69) is 125 Å². The number of hydrogen-bond acceptors (Lipinski definition) is 6. The first-order valence-electron chi connectivity index (χ1n) is 18.9. The first-order valence-corrected chi connectivity index (χ1v) is 18.9. The van der Waals surface area contributed by atoms with Crippen LogP contribution in [0.4, 0.5) is 0 Å². The fourth-order valence-electron chi connectivity index (χ4n) is 8.15. The third-order valence-corrected chi connectivity index (χ3v) is 11.0. The normalized spacial score (nSPS) is 11.9. The van der Waals surface area contributed by atoms with Crippen LogP contribution in [0.15, 0.2) is 189 Å². The summed E-state index contributed by atoms with van der Waals surface area (Å²) in [5.74, 6) is 0. The zero-order valence-corrected chi connectivity index (χ0v) is 30.3. The Labute approximate surface area is 325 Å². The van der Waals surface area contributed by atoms with Gasteiger partial charge in [-0.2, -0.15) is 0 Å². The molecule has 0 N–H and O–H groups in total. The molecule has 0 spiro atoms. The Morgan fingerprint density at radius 3 is 1.12 bits per heavy atom. The molecule has 0 bridgehead atoms. The van der Waals surface area contributed by atoms with E-state index in [4.69, 9.17) is 18.2 Å². The molecule has 0 fully saturated rings. The quantitative estimate of drug-likeness (QED) is 0.175. The van der Waals surface area contributed by atoms with E-state index in [9.17, 15) is 0 Å². The Morgan fingerprint density at radius 2 is 0.649 bits per heavy atom. The van der Waals surface area contributed by atoms with Crippen molar-refractivity contribution < 1.29 is 13.3 Å². The highest BCUT2D eigenvalue weighted by Gasteiger charge is 2.15. The van der Waals surface area contributed by atoms with E-state index < -0.39 is 0 Å². The van der Waals surface area contributed by atoms with Gasteiger partial charge in [0.15, 0.2) is 16.7 Å². The van der Waals surface area contributed by atoms with Crippen LogP contribution in [0.3, 0.4) is 0 Å². The van der Waals surface area contributed by atoms with E-state index in [0.29, 0.717) is 0 Å². The SMILES string of the molecule is c1cc(-c2cccc(-c3ccc4oc5ccc(-c6cccc(-c7ccc8oc9cccnc9c8c7)c6)nc5c4c3)c2)cc(-c2ccc3oc4cccnc4c3c2)c1. The van der Waals surface area contributed by atoms with Gasteiger partial charge < -0.3 is 13.3 Å². The number of rotatable bonds is 5. The second-order valence-corrected chi connectivity index (χ2v) is 14.4. The Morgan fingerprint density at radius 1 is 0.281 bits per heavy atom. The van der Waals surface area contributed by atoms with Crippen molar-refractivity contribution in [1.82, 2.24) is 15.0 Å². The Balaban J connectivity index is 0.881. The summed E-state index contributed by atoms with van der Waals surface area (Å²) in [5, 5.41) is 3.00. The van der Waals surface area contributed by atoms with Crippen LogP contribution in [0.1, 0.15) is 0 Å². The van der Waals surface area contributed by atoms with Gasteiger partial charge in [-0.3, -0.25) is 9.97 Å². The number of pyridine rings is 3. The fraction of sp³-hybridized carbons (Fsp3) is 0. The Kier molecular flexibility index (Phi) is 6.83. The highest BCUT2D eigenvalue weighted by molar-refractivity contribution is 6.06. The van der Waals surface area contributed by atoms with E-state index in [1.807, 2.05) is 54.7 Å². The van der Waals surface area contributed by atoms with Crippen molar-refractivity contribution in [3.8, 4) is 55.8 Å². The van der Waals surface area contributed by atoms with Gasteiger partial charge in [0.2, 0.25) is 0 Å². The number of aromatic nitrogens is 3. The number of benzene rings is 6. The zero-order chi connectivity index (χ0) is 37.5. The van der Waals surface area contributed by atoms with E-state index in [1.165, 1.54) is 0 Å². The van der Waals surface area contributed by atoms with Crippen LogP contribution in [-0.2, 0) is 0 Å². The van der Waals surface area contributed by atoms with Crippen LogP contribution in [0, 0.1) is 0 Å². The standard InChI is InChI=1S/C51H29N3O3/c1-6-30(24-32(8-1)35-14-18-43-39(27-35)49-46(55-43)12-4-22-52-49)31-7-2-9-33(25-31)37-16-20-45-41(29-37)51-48(57-45)21-17-42(54-51)38-11-3-10-34(26-38)36-15-19-44-40(28-36)50-47(56-44)13-5-23-53-50/h1-29H. The maximum atomic E-state index is 6.30. The molecule has 0 saturated carbocycles. The number of furan rings is 3. The highest BCUT2D eigenvalue weighted by Crippen LogP contribution is 2.37. The lowest BCUT2D eigenvalue weighted by molar-refractivity contribution is 0.668. The van der Waals surface area contributed by atoms with Crippen molar-refractivity contribution in [1.29, 1.82) is 0 Å². The van der Waals surface area contributed by atoms with Crippen molar-refractivity contribution >= 4 is 66.2 Å². The van der Waals surface area contributed by atoms with Gasteiger partial charge >= 0.3 is 0 Å².